The molecule has 0 aliphatic heterocycles. The Hall–Kier alpha value is -3.13. The molecule has 3 N–H and O–H groups in total. The van der Waals surface area contributed by atoms with Crippen LogP contribution in [-0.2, 0) is 19.6 Å². The standard InChI is InChI=1S/C18H18N2O5S/c1-12-3-8-16(13(2)11-12)20-26(24,25)15-6-4-14(5-7-15)19-17(21)9-10-18(22)23/h3-11,20H,1-2H3,(H,19,21)(H,22,23). The Morgan fingerprint density at radius 2 is 1.65 bits per heavy atom. The van der Waals surface area contributed by atoms with Crippen molar-refractivity contribution in [1.82, 2.24) is 0 Å². The largest absolute Gasteiger partial charge is 0.478 e. The molecule has 8 heteroatoms. The molecule has 136 valence electrons. The maximum atomic E-state index is 12.5. The molecule has 1 amide bonds. The lowest BCUT2D eigenvalue weighted by Crippen LogP contribution is -2.14. The molecule has 0 spiro atoms. The van der Waals surface area contributed by atoms with E-state index in [1.807, 2.05) is 26.0 Å². The molecule has 2 rings (SSSR count). The van der Waals surface area contributed by atoms with Crippen LogP contribution in [-0.4, -0.2) is 25.4 Å². The van der Waals surface area contributed by atoms with Crippen LogP contribution in [0.3, 0.4) is 0 Å². The highest BCUT2D eigenvalue weighted by Crippen LogP contribution is 2.21. The molecule has 7 nitrogen and oxygen atoms in total. The first-order chi connectivity index (χ1) is 12.2. The minimum Gasteiger partial charge on any atom is -0.478 e. The minimum absolute atomic E-state index is 0.0385. The lowest BCUT2D eigenvalue weighted by molar-refractivity contribution is -0.131. The van der Waals surface area contributed by atoms with Crippen molar-refractivity contribution >= 4 is 33.3 Å². The van der Waals surface area contributed by atoms with Crippen LogP contribution in [0.1, 0.15) is 11.1 Å². The number of aliphatic carboxylic acids is 1. The van der Waals surface area contributed by atoms with Crippen LogP contribution >= 0.6 is 0 Å². The first kappa shape index (κ1) is 19.2. The zero-order chi connectivity index (χ0) is 19.3. The summed E-state index contributed by atoms with van der Waals surface area (Å²) < 4.78 is 27.5. The van der Waals surface area contributed by atoms with E-state index in [1.54, 1.807) is 6.07 Å². The van der Waals surface area contributed by atoms with Gasteiger partial charge in [0.15, 0.2) is 0 Å². The highest BCUT2D eigenvalue weighted by molar-refractivity contribution is 7.92. The van der Waals surface area contributed by atoms with Crippen molar-refractivity contribution < 1.29 is 23.1 Å². The van der Waals surface area contributed by atoms with E-state index in [1.165, 1.54) is 24.3 Å². The van der Waals surface area contributed by atoms with Gasteiger partial charge < -0.3 is 10.4 Å². The molecular weight excluding hydrogens is 356 g/mol. The molecule has 0 aliphatic carbocycles. The van der Waals surface area contributed by atoms with Gasteiger partial charge in [-0.2, -0.15) is 0 Å². The van der Waals surface area contributed by atoms with Crippen LogP contribution in [0.25, 0.3) is 0 Å². The molecule has 0 heterocycles. The average Bonchev–Trinajstić information content (AvgIpc) is 2.56. The van der Waals surface area contributed by atoms with Gasteiger partial charge in [0.1, 0.15) is 0 Å². The molecule has 2 aromatic carbocycles. The number of aryl methyl sites for hydroxylation is 2. The molecule has 26 heavy (non-hydrogen) atoms. The molecule has 0 atom stereocenters. The number of anilines is 2. The SMILES string of the molecule is Cc1ccc(NS(=O)(=O)c2ccc(NC(=O)C=CC(=O)O)cc2)c(C)c1. The van der Waals surface area contributed by atoms with E-state index in [0.29, 0.717) is 17.5 Å². The van der Waals surface area contributed by atoms with Crippen LogP contribution in [0.5, 0.6) is 0 Å². The number of sulfonamides is 1. The van der Waals surface area contributed by atoms with E-state index in [4.69, 9.17) is 5.11 Å². The van der Waals surface area contributed by atoms with Crippen LogP contribution < -0.4 is 10.0 Å². The predicted molar refractivity (Wildman–Crippen MR) is 98.6 cm³/mol. The van der Waals surface area contributed by atoms with Gasteiger partial charge >= 0.3 is 5.97 Å². The molecule has 0 radical (unpaired) electrons. The minimum atomic E-state index is -3.77. The highest BCUT2D eigenvalue weighted by atomic mass is 32.2. The maximum Gasteiger partial charge on any atom is 0.328 e. The van der Waals surface area contributed by atoms with Crippen molar-refractivity contribution in [1.29, 1.82) is 0 Å². The summed E-state index contributed by atoms with van der Waals surface area (Å²) in [6, 6.07) is 10.9. The summed E-state index contributed by atoms with van der Waals surface area (Å²) in [6.45, 7) is 3.73. The van der Waals surface area contributed by atoms with Gasteiger partial charge in [-0.3, -0.25) is 9.52 Å². The highest BCUT2D eigenvalue weighted by Gasteiger charge is 2.15. The van der Waals surface area contributed by atoms with E-state index in [0.717, 1.165) is 17.2 Å². The summed E-state index contributed by atoms with van der Waals surface area (Å²) in [7, 11) is -3.77. The topological polar surface area (TPSA) is 113 Å². The number of benzene rings is 2. The molecule has 0 fully saturated rings. The zero-order valence-electron chi connectivity index (χ0n) is 14.2. The van der Waals surface area contributed by atoms with Gasteiger partial charge in [-0.25, -0.2) is 13.2 Å². The molecule has 0 unspecified atom stereocenters. The quantitative estimate of drug-likeness (QED) is 0.673. The van der Waals surface area contributed by atoms with Crippen molar-refractivity contribution in [3.63, 3.8) is 0 Å². The van der Waals surface area contributed by atoms with Gasteiger partial charge in [-0.05, 0) is 49.7 Å². The Morgan fingerprint density at radius 3 is 2.23 bits per heavy atom. The number of amides is 1. The second-order valence-corrected chi connectivity index (χ2v) is 7.29. The van der Waals surface area contributed by atoms with Gasteiger partial charge in [-0.1, -0.05) is 17.7 Å². The number of hydrogen-bond acceptors (Lipinski definition) is 4. The molecule has 0 aliphatic rings. The molecule has 0 saturated heterocycles. The lowest BCUT2D eigenvalue weighted by Gasteiger charge is -2.11. The monoisotopic (exact) mass is 374 g/mol. The Balaban J connectivity index is 2.13. The summed E-state index contributed by atoms with van der Waals surface area (Å²) in [5, 5.41) is 10.9. The second kappa shape index (κ2) is 7.83. The Labute approximate surface area is 151 Å². The van der Waals surface area contributed by atoms with Crippen molar-refractivity contribution in [2.45, 2.75) is 18.7 Å². The normalized spacial score (nSPS) is 11.3. The number of rotatable bonds is 6. The number of carboxylic acid groups (broad SMARTS) is 1. The van der Waals surface area contributed by atoms with Crippen molar-refractivity contribution in [3.05, 3.63) is 65.7 Å². The van der Waals surface area contributed by atoms with Gasteiger partial charge in [0.2, 0.25) is 5.91 Å². The molecule has 2 aromatic rings. The summed E-state index contributed by atoms with van der Waals surface area (Å²) in [5.74, 6) is -1.87. The second-order valence-electron chi connectivity index (χ2n) is 5.61. The van der Waals surface area contributed by atoms with E-state index in [2.05, 4.69) is 10.0 Å². The fraction of sp³-hybridized carbons (Fsp3) is 0.111. The average molecular weight is 374 g/mol. The third-order valence-corrected chi connectivity index (χ3v) is 4.82. The van der Waals surface area contributed by atoms with E-state index in [-0.39, 0.29) is 4.90 Å². The summed E-state index contributed by atoms with van der Waals surface area (Å²) in [6.07, 6.45) is 1.58. The fourth-order valence-corrected chi connectivity index (χ4v) is 3.31. The van der Waals surface area contributed by atoms with Crippen LogP contribution in [0.4, 0.5) is 11.4 Å². The summed E-state index contributed by atoms with van der Waals surface area (Å²) in [5.41, 5.74) is 2.67. The zero-order valence-corrected chi connectivity index (χ0v) is 15.0. The number of carboxylic acids is 1. The van der Waals surface area contributed by atoms with Gasteiger partial charge in [-0.15, -0.1) is 0 Å². The summed E-state index contributed by atoms with van der Waals surface area (Å²) >= 11 is 0. The maximum absolute atomic E-state index is 12.5. The smallest absolute Gasteiger partial charge is 0.328 e. The molecule has 0 saturated carbocycles. The van der Waals surface area contributed by atoms with Crippen molar-refractivity contribution in [2.24, 2.45) is 0 Å². The number of hydrogen-bond donors (Lipinski definition) is 3. The number of nitrogens with one attached hydrogen (secondary N) is 2. The van der Waals surface area contributed by atoms with Gasteiger partial charge in [0.25, 0.3) is 10.0 Å². The molecule has 0 aromatic heterocycles. The Kier molecular flexibility index (Phi) is 5.78. The third kappa shape index (κ3) is 5.18. The fourth-order valence-electron chi connectivity index (χ4n) is 2.18. The van der Waals surface area contributed by atoms with Crippen LogP contribution in [0, 0.1) is 13.8 Å². The van der Waals surface area contributed by atoms with Crippen molar-refractivity contribution in [2.75, 3.05) is 10.0 Å². The number of carbonyl (C=O) groups excluding carboxylic acids is 1. The lowest BCUT2D eigenvalue weighted by atomic mass is 10.1. The van der Waals surface area contributed by atoms with E-state index >= 15 is 0 Å². The predicted octanol–water partition coefficient (Wildman–Crippen LogP) is 2.68. The van der Waals surface area contributed by atoms with Crippen LogP contribution in [0.2, 0.25) is 0 Å². The van der Waals surface area contributed by atoms with Crippen molar-refractivity contribution in [3.8, 4) is 0 Å². The first-order valence-corrected chi connectivity index (χ1v) is 9.08. The molecular formula is C18H18N2O5S. The Morgan fingerprint density at radius 1 is 1.00 bits per heavy atom. The first-order valence-electron chi connectivity index (χ1n) is 7.59. The Bertz CT molecular complexity index is 964. The van der Waals surface area contributed by atoms with Crippen LogP contribution in [0.15, 0.2) is 59.5 Å². The van der Waals surface area contributed by atoms with Gasteiger partial charge in [0.05, 0.1) is 10.6 Å². The molecule has 0 bridgehead atoms. The summed E-state index contributed by atoms with van der Waals surface area (Å²) in [4.78, 5) is 21.9. The third-order valence-electron chi connectivity index (χ3n) is 3.44. The van der Waals surface area contributed by atoms with E-state index in [9.17, 15) is 18.0 Å². The van der Waals surface area contributed by atoms with Gasteiger partial charge in [0, 0.05) is 17.8 Å². The number of carbonyl (C=O) groups is 2. The van der Waals surface area contributed by atoms with E-state index < -0.39 is 21.9 Å².